The number of carbonyl (C=O) groups is 1. The SMILES string of the molecule is Cc1nc(CCC2CCN(C(=O)Cc3cccc(F)c3)C2)no1. The van der Waals surface area contributed by atoms with Gasteiger partial charge >= 0.3 is 0 Å². The molecule has 1 fully saturated rings. The smallest absolute Gasteiger partial charge is 0.227 e. The van der Waals surface area contributed by atoms with Crippen molar-refractivity contribution in [3.8, 4) is 0 Å². The van der Waals surface area contributed by atoms with Crippen molar-refractivity contribution in [1.29, 1.82) is 0 Å². The third kappa shape index (κ3) is 4.15. The monoisotopic (exact) mass is 317 g/mol. The molecule has 23 heavy (non-hydrogen) atoms. The first kappa shape index (κ1) is 15.6. The molecule has 1 atom stereocenters. The summed E-state index contributed by atoms with van der Waals surface area (Å²) in [4.78, 5) is 18.4. The van der Waals surface area contributed by atoms with E-state index in [4.69, 9.17) is 4.52 Å². The lowest BCUT2D eigenvalue weighted by atomic mass is 10.0. The largest absolute Gasteiger partial charge is 0.342 e. The van der Waals surface area contributed by atoms with Gasteiger partial charge in [-0.2, -0.15) is 4.98 Å². The molecule has 122 valence electrons. The molecule has 2 heterocycles. The maximum atomic E-state index is 13.2. The summed E-state index contributed by atoms with van der Waals surface area (Å²) in [5, 5.41) is 3.89. The fourth-order valence-electron chi connectivity index (χ4n) is 3.00. The van der Waals surface area contributed by atoms with Crippen molar-refractivity contribution in [2.75, 3.05) is 13.1 Å². The van der Waals surface area contributed by atoms with Gasteiger partial charge in [0.2, 0.25) is 11.8 Å². The zero-order valence-electron chi connectivity index (χ0n) is 13.2. The van der Waals surface area contributed by atoms with Gasteiger partial charge < -0.3 is 9.42 Å². The van der Waals surface area contributed by atoms with Crippen molar-refractivity contribution >= 4 is 5.91 Å². The Balaban J connectivity index is 1.48. The average molecular weight is 317 g/mol. The number of likely N-dealkylation sites (tertiary alicyclic amines) is 1. The van der Waals surface area contributed by atoms with Gasteiger partial charge in [0.05, 0.1) is 6.42 Å². The van der Waals surface area contributed by atoms with E-state index in [1.807, 2.05) is 4.90 Å². The molecule has 3 rings (SSSR count). The molecule has 5 nitrogen and oxygen atoms in total. The molecule has 0 spiro atoms. The molecule has 1 saturated heterocycles. The van der Waals surface area contributed by atoms with E-state index in [9.17, 15) is 9.18 Å². The second kappa shape index (κ2) is 6.89. The van der Waals surface area contributed by atoms with E-state index in [1.54, 1.807) is 19.1 Å². The highest BCUT2D eigenvalue weighted by Gasteiger charge is 2.26. The van der Waals surface area contributed by atoms with Gasteiger partial charge in [0.15, 0.2) is 5.82 Å². The Labute approximate surface area is 134 Å². The van der Waals surface area contributed by atoms with Crippen LogP contribution >= 0.6 is 0 Å². The molecule has 6 heteroatoms. The lowest BCUT2D eigenvalue weighted by molar-refractivity contribution is -0.129. The Morgan fingerprint density at radius 2 is 2.35 bits per heavy atom. The highest BCUT2D eigenvalue weighted by atomic mass is 19.1. The molecule has 0 radical (unpaired) electrons. The van der Waals surface area contributed by atoms with Gasteiger partial charge in [-0.15, -0.1) is 0 Å². The van der Waals surface area contributed by atoms with E-state index < -0.39 is 0 Å². The second-order valence-electron chi connectivity index (χ2n) is 6.07. The molecule has 1 aliphatic rings. The number of aryl methyl sites for hydroxylation is 2. The first-order valence-electron chi connectivity index (χ1n) is 7.91. The summed E-state index contributed by atoms with van der Waals surface area (Å²) >= 11 is 0. The molecular formula is C17H20FN3O2. The molecule has 1 unspecified atom stereocenters. The standard InChI is InChI=1S/C17H20FN3O2/c1-12-19-16(20-23-12)6-5-13-7-8-21(11-13)17(22)10-14-3-2-4-15(18)9-14/h2-4,9,13H,5-8,10-11H2,1H3. The van der Waals surface area contributed by atoms with Gasteiger partial charge in [0.1, 0.15) is 5.82 Å². The molecule has 0 saturated carbocycles. The Morgan fingerprint density at radius 1 is 1.48 bits per heavy atom. The Morgan fingerprint density at radius 3 is 3.09 bits per heavy atom. The quantitative estimate of drug-likeness (QED) is 0.850. The topological polar surface area (TPSA) is 59.2 Å². The number of hydrogen-bond donors (Lipinski definition) is 0. The van der Waals surface area contributed by atoms with Gasteiger partial charge in [-0.3, -0.25) is 4.79 Å². The normalized spacial score (nSPS) is 17.7. The molecule has 1 aliphatic heterocycles. The third-order valence-electron chi connectivity index (χ3n) is 4.23. The van der Waals surface area contributed by atoms with Crippen LogP contribution in [0.5, 0.6) is 0 Å². The van der Waals surface area contributed by atoms with E-state index in [2.05, 4.69) is 10.1 Å². The summed E-state index contributed by atoms with van der Waals surface area (Å²) in [6.45, 7) is 3.30. The fraction of sp³-hybridized carbons (Fsp3) is 0.471. The summed E-state index contributed by atoms with van der Waals surface area (Å²) in [5.74, 6) is 1.54. The molecule has 1 aromatic heterocycles. The van der Waals surface area contributed by atoms with Gasteiger partial charge in [-0.25, -0.2) is 4.39 Å². The summed E-state index contributed by atoms with van der Waals surface area (Å²) in [6, 6.07) is 6.23. The molecule has 0 aliphatic carbocycles. The van der Waals surface area contributed by atoms with Crippen LogP contribution in [0.1, 0.15) is 30.1 Å². The predicted octanol–water partition coefficient (Wildman–Crippen LogP) is 2.54. The minimum atomic E-state index is -0.301. The van der Waals surface area contributed by atoms with Gasteiger partial charge in [0.25, 0.3) is 0 Å². The van der Waals surface area contributed by atoms with Crippen LogP contribution in [0.2, 0.25) is 0 Å². The number of halogens is 1. The summed E-state index contributed by atoms with van der Waals surface area (Å²) in [5.41, 5.74) is 0.723. The van der Waals surface area contributed by atoms with Crippen molar-refractivity contribution < 1.29 is 13.7 Å². The van der Waals surface area contributed by atoms with E-state index in [0.717, 1.165) is 43.7 Å². The average Bonchev–Trinajstić information content (AvgIpc) is 3.14. The third-order valence-corrected chi connectivity index (χ3v) is 4.23. The molecular weight excluding hydrogens is 297 g/mol. The van der Waals surface area contributed by atoms with Crippen LogP contribution in [-0.4, -0.2) is 34.0 Å². The Kier molecular flexibility index (Phi) is 4.69. The fourth-order valence-corrected chi connectivity index (χ4v) is 3.00. The molecule has 1 aromatic carbocycles. The number of carbonyl (C=O) groups excluding carboxylic acids is 1. The van der Waals surface area contributed by atoms with Crippen LogP contribution in [0.15, 0.2) is 28.8 Å². The van der Waals surface area contributed by atoms with Crippen molar-refractivity contribution in [2.45, 2.75) is 32.6 Å². The summed E-state index contributed by atoms with van der Waals surface area (Å²) in [6.07, 6.45) is 2.97. The lowest BCUT2D eigenvalue weighted by Crippen LogP contribution is -2.30. The van der Waals surface area contributed by atoms with Gasteiger partial charge in [-0.1, -0.05) is 17.3 Å². The minimum Gasteiger partial charge on any atom is -0.342 e. The number of rotatable bonds is 5. The number of amides is 1. The zero-order valence-corrected chi connectivity index (χ0v) is 13.2. The lowest BCUT2D eigenvalue weighted by Gasteiger charge is -2.16. The number of aromatic nitrogens is 2. The van der Waals surface area contributed by atoms with Crippen molar-refractivity contribution in [3.63, 3.8) is 0 Å². The van der Waals surface area contributed by atoms with Gasteiger partial charge in [0, 0.05) is 26.4 Å². The highest BCUT2D eigenvalue weighted by Crippen LogP contribution is 2.22. The predicted molar refractivity (Wildman–Crippen MR) is 82.1 cm³/mol. The van der Waals surface area contributed by atoms with E-state index in [0.29, 0.717) is 11.8 Å². The Bertz CT molecular complexity index is 686. The second-order valence-corrected chi connectivity index (χ2v) is 6.07. The number of benzene rings is 1. The molecule has 0 N–H and O–H groups in total. The summed E-state index contributed by atoms with van der Waals surface area (Å²) < 4.78 is 18.1. The molecule has 2 aromatic rings. The Hall–Kier alpha value is -2.24. The first-order chi connectivity index (χ1) is 11.1. The minimum absolute atomic E-state index is 0.0634. The molecule has 0 bridgehead atoms. The maximum Gasteiger partial charge on any atom is 0.227 e. The maximum absolute atomic E-state index is 13.2. The van der Waals surface area contributed by atoms with Crippen molar-refractivity contribution in [3.05, 3.63) is 47.4 Å². The van der Waals surface area contributed by atoms with Crippen LogP contribution in [-0.2, 0) is 17.6 Å². The number of nitrogens with zero attached hydrogens (tertiary/aromatic N) is 3. The van der Waals surface area contributed by atoms with Crippen molar-refractivity contribution in [1.82, 2.24) is 15.0 Å². The van der Waals surface area contributed by atoms with E-state index in [1.165, 1.54) is 12.1 Å². The van der Waals surface area contributed by atoms with E-state index >= 15 is 0 Å². The van der Waals surface area contributed by atoms with Crippen molar-refractivity contribution in [2.24, 2.45) is 5.92 Å². The van der Waals surface area contributed by atoms with Gasteiger partial charge in [-0.05, 0) is 36.5 Å². The molecule has 1 amide bonds. The highest BCUT2D eigenvalue weighted by molar-refractivity contribution is 5.79. The summed E-state index contributed by atoms with van der Waals surface area (Å²) in [7, 11) is 0. The van der Waals surface area contributed by atoms with Crippen LogP contribution < -0.4 is 0 Å². The van der Waals surface area contributed by atoms with Crippen LogP contribution in [0.25, 0.3) is 0 Å². The van der Waals surface area contributed by atoms with Crippen LogP contribution in [0.4, 0.5) is 4.39 Å². The van der Waals surface area contributed by atoms with E-state index in [-0.39, 0.29) is 18.1 Å². The zero-order chi connectivity index (χ0) is 16.2. The number of hydrogen-bond acceptors (Lipinski definition) is 4. The van der Waals surface area contributed by atoms with Crippen LogP contribution in [0.3, 0.4) is 0 Å². The van der Waals surface area contributed by atoms with Crippen LogP contribution in [0, 0.1) is 18.7 Å². The first-order valence-corrected chi connectivity index (χ1v) is 7.91.